The molecular formula is C46H66N6O6. The van der Waals surface area contributed by atoms with Gasteiger partial charge in [-0.3, -0.25) is 29.0 Å². The Morgan fingerprint density at radius 1 is 0.655 bits per heavy atom. The molecule has 6 heterocycles. The molecule has 4 N–H and O–H groups in total. The number of aromatic nitrogens is 2. The molecule has 58 heavy (non-hydrogen) atoms. The first kappa shape index (κ1) is 42.3. The molecule has 8 rings (SSSR count). The van der Waals surface area contributed by atoms with Crippen LogP contribution in [0.4, 0.5) is 0 Å². The van der Waals surface area contributed by atoms with Gasteiger partial charge in [0.25, 0.3) is 11.1 Å². The third kappa shape index (κ3) is 7.82. The molecule has 2 saturated heterocycles. The number of hydrogen-bond donors (Lipinski definition) is 4. The number of likely N-dealkylation sites (tertiary alicyclic amines) is 2. The zero-order chi connectivity index (χ0) is 41.1. The Hall–Kier alpha value is -3.84. The van der Waals surface area contributed by atoms with E-state index in [1.165, 1.54) is 25.7 Å². The molecule has 316 valence electrons. The second-order valence-electron chi connectivity index (χ2n) is 17.5. The molecule has 4 aliphatic heterocycles. The van der Waals surface area contributed by atoms with Crippen molar-refractivity contribution < 1.29 is 19.8 Å². The van der Waals surface area contributed by atoms with Crippen LogP contribution < -0.4 is 21.8 Å². The first-order valence-corrected chi connectivity index (χ1v) is 22.3. The monoisotopic (exact) mass is 799 g/mol. The summed E-state index contributed by atoms with van der Waals surface area (Å²) < 4.78 is 3.72. The van der Waals surface area contributed by atoms with E-state index in [-0.39, 0.29) is 96.1 Å². The van der Waals surface area contributed by atoms with E-state index in [9.17, 15) is 29.4 Å². The van der Waals surface area contributed by atoms with Crippen LogP contribution in [0, 0.1) is 23.7 Å². The van der Waals surface area contributed by atoms with Gasteiger partial charge in [0.1, 0.15) is 0 Å². The molecule has 0 bridgehead atoms. The summed E-state index contributed by atoms with van der Waals surface area (Å²) in [5, 5.41) is 27.0. The predicted octanol–water partition coefficient (Wildman–Crippen LogP) is 4.63. The Bertz CT molecular complexity index is 1820. The number of nitrogens with zero attached hydrogens (tertiary/aromatic N) is 4. The highest BCUT2D eigenvalue weighted by atomic mass is 16.3. The summed E-state index contributed by atoms with van der Waals surface area (Å²) >= 11 is 0. The molecule has 12 nitrogen and oxygen atoms in total. The lowest BCUT2D eigenvalue weighted by atomic mass is 9.88. The molecule has 2 aromatic heterocycles. The minimum Gasteiger partial charge on any atom is -0.396 e. The van der Waals surface area contributed by atoms with Crippen molar-refractivity contribution in [2.24, 2.45) is 23.7 Å². The Morgan fingerprint density at radius 3 is 1.36 bits per heavy atom. The first-order chi connectivity index (χ1) is 28.2. The van der Waals surface area contributed by atoms with Gasteiger partial charge in [0.15, 0.2) is 0 Å². The number of aliphatic hydroxyl groups is 2. The van der Waals surface area contributed by atoms with Crippen LogP contribution in [0.5, 0.6) is 0 Å². The fourth-order valence-corrected chi connectivity index (χ4v) is 11.6. The van der Waals surface area contributed by atoms with Gasteiger partial charge in [-0.1, -0.05) is 63.8 Å². The fourth-order valence-electron chi connectivity index (χ4n) is 11.6. The molecular weight excluding hydrogens is 733 g/mol. The van der Waals surface area contributed by atoms with E-state index in [2.05, 4.69) is 34.3 Å². The maximum Gasteiger partial charge on any atom is 0.258 e. The minimum absolute atomic E-state index is 0.0128. The van der Waals surface area contributed by atoms with E-state index in [0.717, 1.165) is 63.0 Å². The predicted molar refractivity (Wildman–Crippen MR) is 227 cm³/mol. The number of carbonyl (C=O) groups is 2. The average Bonchev–Trinajstić information content (AvgIpc) is 4.07. The molecule has 0 unspecified atom stereocenters. The molecule has 8 atom stereocenters. The summed E-state index contributed by atoms with van der Waals surface area (Å²) in [6.07, 6.45) is 18.2. The van der Waals surface area contributed by atoms with Crippen LogP contribution >= 0.6 is 0 Å². The normalized spacial score (nSPS) is 29.5. The SMILES string of the molecule is C/C=C/c1ccc2n(c1=O)C[C@H]1[C@H](CO)[C@@H](C(=O)NC3CCCC3)N(CCC)[C@@H]21.C/C=C\c1ccc2n(c1=O)C[C@H]1[C@H](CO)[C@@H](C(=O)NC3CCCC3)N(CCC)[C@@H]21. The Kier molecular flexibility index (Phi) is 13.6. The van der Waals surface area contributed by atoms with Crippen LogP contribution in [0.1, 0.15) is 127 Å². The Labute approximate surface area is 343 Å². The molecule has 2 saturated carbocycles. The second-order valence-corrected chi connectivity index (χ2v) is 17.5. The van der Waals surface area contributed by atoms with Crippen LogP contribution in [-0.4, -0.2) is 91.4 Å². The molecule has 2 aliphatic carbocycles. The first-order valence-electron chi connectivity index (χ1n) is 22.3. The number of hydrogen-bond acceptors (Lipinski definition) is 8. The van der Waals surface area contributed by atoms with Crippen LogP contribution in [0.3, 0.4) is 0 Å². The van der Waals surface area contributed by atoms with Gasteiger partial charge in [-0.2, -0.15) is 0 Å². The summed E-state index contributed by atoms with van der Waals surface area (Å²) in [6.45, 7) is 10.7. The summed E-state index contributed by atoms with van der Waals surface area (Å²) in [5.41, 5.74) is 3.39. The van der Waals surface area contributed by atoms with Gasteiger partial charge in [-0.25, -0.2) is 0 Å². The van der Waals surface area contributed by atoms with Gasteiger partial charge in [0, 0.05) is 84.6 Å². The second kappa shape index (κ2) is 18.6. The van der Waals surface area contributed by atoms with Gasteiger partial charge >= 0.3 is 0 Å². The zero-order valence-electron chi connectivity index (χ0n) is 35.0. The van der Waals surface area contributed by atoms with Crippen LogP contribution in [0.2, 0.25) is 0 Å². The molecule has 2 aromatic rings. The number of amides is 2. The summed E-state index contributed by atoms with van der Waals surface area (Å²) in [6, 6.07) is 7.77. The van der Waals surface area contributed by atoms with Crippen molar-refractivity contribution in [3.05, 3.63) is 79.6 Å². The average molecular weight is 799 g/mol. The highest BCUT2D eigenvalue weighted by Gasteiger charge is 2.56. The molecule has 2 amide bonds. The number of allylic oxidation sites excluding steroid dienone is 2. The number of fused-ring (bicyclic) bond motifs is 6. The number of aliphatic hydroxyl groups excluding tert-OH is 2. The Morgan fingerprint density at radius 2 is 1.03 bits per heavy atom. The van der Waals surface area contributed by atoms with E-state index in [0.29, 0.717) is 24.2 Å². The lowest BCUT2D eigenvalue weighted by Gasteiger charge is -2.31. The highest BCUT2D eigenvalue weighted by Crippen LogP contribution is 2.50. The van der Waals surface area contributed by atoms with Crippen molar-refractivity contribution in [2.75, 3.05) is 26.3 Å². The van der Waals surface area contributed by atoms with E-state index in [4.69, 9.17) is 0 Å². The number of pyridine rings is 2. The van der Waals surface area contributed by atoms with Crippen LogP contribution in [0.15, 0.2) is 46.0 Å². The van der Waals surface area contributed by atoms with Crippen molar-refractivity contribution in [3.8, 4) is 0 Å². The summed E-state index contributed by atoms with van der Waals surface area (Å²) in [7, 11) is 0. The van der Waals surface area contributed by atoms with Crippen molar-refractivity contribution in [1.82, 2.24) is 29.6 Å². The lowest BCUT2D eigenvalue weighted by Crippen LogP contribution is -2.50. The standard InChI is InChI=1S/2C23H33N3O3/c2*1-3-7-15-10-11-19-20-17(13-26(19)23(15)29)18(14-27)21(25(20)12-4-2)22(28)24-16-8-5-6-9-16/h2*3,7,10-11,16-18,20-21,27H,4-6,8-9,12-14H2,1-2H3,(H,24,28)/b7-3+;7-3-/t2*17-,18-,20+,21-/m00/s1. The van der Waals surface area contributed by atoms with Gasteiger partial charge in [0.2, 0.25) is 11.8 Å². The number of rotatable bonds is 12. The molecule has 0 spiro atoms. The maximum absolute atomic E-state index is 13.3. The molecule has 0 radical (unpaired) electrons. The van der Waals surface area contributed by atoms with E-state index in [1.54, 1.807) is 0 Å². The van der Waals surface area contributed by atoms with Crippen molar-refractivity contribution in [3.63, 3.8) is 0 Å². The van der Waals surface area contributed by atoms with Crippen LogP contribution in [-0.2, 0) is 22.7 Å². The van der Waals surface area contributed by atoms with Gasteiger partial charge in [0.05, 0.1) is 24.2 Å². The van der Waals surface area contributed by atoms with Crippen LogP contribution in [0.25, 0.3) is 12.2 Å². The molecule has 0 aromatic carbocycles. The van der Waals surface area contributed by atoms with Crippen molar-refractivity contribution >= 4 is 24.0 Å². The quantitative estimate of drug-likeness (QED) is 0.243. The van der Waals surface area contributed by atoms with E-state index in [1.807, 2.05) is 71.6 Å². The smallest absolute Gasteiger partial charge is 0.258 e. The van der Waals surface area contributed by atoms with Crippen molar-refractivity contribution in [2.45, 2.75) is 141 Å². The van der Waals surface area contributed by atoms with Gasteiger partial charge < -0.3 is 30.0 Å². The number of nitrogens with one attached hydrogen (secondary N) is 2. The third-order valence-electron chi connectivity index (χ3n) is 14.0. The van der Waals surface area contributed by atoms with Crippen molar-refractivity contribution in [1.29, 1.82) is 0 Å². The Balaban J connectivity index is 0.000000177. The minimum atomic E-state index is -0.324. The lowest BCUT2D eigenvalue weighted by molar-refractivity contribution is -0.129. The largest absolute Gasteiger partial charge is 0.396 e. The molecule has 12 heteroatoms. The fraction of sp³-hybridized carbons (Fsp3) is 0.652. The van der Waals surface area contributed by atoms with Gasteiger partial charge in [-0.15, -0.1) is 0 Å². The maximum atomic E-state index is 13.3. The topological polar surface area (TPSA) is 149 Å². The van der Waals surface area contributed by atoms with Gasteiger partial charge in [-0.05, 0) is 89.7 Å². The highest BCUT2D eigenvalue weighted by molar-refractivity contribution is 5.83. The summed E-state index contributed by atoms with van der Waals surface area (Å²) in [5.74, 6) is -0.0369. The zero-order valence-corrected chi connectivity index (χ0v) is 35.0. The van der Waals surface area contributed by atoms with E-state index >= 15 is 0 Å². The third-order valence-corrected chi connectivity index (χ3v) is 14.0. The molecule has 6 aliphatic rings. The summed E-state index contributed by atoms with van der Waals surface area (Å²) in [4.78, 5) is 56.9. The molecule has 4 fully saturated rings. The van der Waals surface area contributed by atoms with E-state index < -0.39 is 0 Å². The number of carbonyl (C=O) groups excluding carboxylic acids is 2.